The second kappa shape index (κ2) is 1.58. The molecule has 0 heterocycles. The van der Waals surface area contributed by atoms with Gasteiger partial charge in [0.05, 0.1) is 0 Å². The first-order valence-corrected chi connectivity index (χ1v) is 1.03. The average molecular weight is 74.1 g/mol. The molecular weight excluding hydrogens is 70.0 g/mol. The fourth-order valence-electron chi connectivity index (χ4n) is 0. The number of carbonyl (C=O) groups is 1. The maximum absolute atomic E-state index is 9.19. The Balaban J connectivity index is 2.85. The van der Waals surface area contributed by atoms with E-state index in [1.54, 1.807) is 5.32 Å². The summed E-state index contributed by atoms with van der Waals surface area (Å²) in [4.78, 5) is 9.19. The summed E-state index contributed by atoms with van der Waals surface area (Å²) in [6, 6.07) is 0. The third-order valence-corrected chi connectivity index (χ3v) is 0.151. The first kappa shape index (κ1) is 4.27. The van der Waals surface area contributed by atoms with Crippen LogP contribution in [-0.2, 0) is 0 Å². The van der Waals surface area contributed by atoms with E-state index in [-0.39, 0.29) is 0 Å². The van der Waals surface area contributed by atoms with Crippen molar-refractivity contribution >= 4 is 6.09 Å². The van der Waals surface area contributed by atoms with Gasteiger partial charge in [0.15, 0.2) is 0 Å². The molecule has 0 rings (SSSR count). The highest BCUT2D eigenvalue weighted by Gasteiger charge is 1.77. The fourth-order valence-corrected chi connectivity index (χ4v) is 0. The molecule has 3 nitrogen and oxygen atoms in total. The standard InChI is InChI=1S/C2H4NO2/c1-3-2(4)5/h3H,1H2,(H,4,5). The van der Waals surface area contributed by atoms with Crippen molar-refractivity contribution in [3.63, 3.8) is 0 Å². The van der Waals surface area contributed by atoms with Crippen LogP contribution in [0, 0.1) is 7.05 Å². The number of carboxylic acid groups (broad SMARTS) is 1. The highest BCUT2D eigenvalue weighted by molar-refractivity contribution is 5.64. The SMILES string of the molecule is [CH2]NC(=O)O. The van der Waals surface area contributed by atoms with Gasteiger partial charge in [0.25, 0.3) is 0 Å². The Labute approximate surface area is 29.6 Å². The van der Waals surface area contributed by atoms with Gasteiger partial charge in [-0.25, -0.2) is 4.79 Å². The van der Waals surface area contributed by atoms with Crippen LogP contribution in [0.25, 0.3) is 0 Å². The minimum atomic E-state index is -1.11. The number of hydrogen-bond acceptors (Lipinski definition) is 1. The molecular formula is C2H4NO2. The van der Waals surface area contributed by atoms with E-state index >= 15 is 0 Å². The van der Waals surface area contributed by atoms with Crippen LogP contribution in [-0.4, -0.2) is 11.2 Å². The van der Waals surface area contributed by atoms with Gasteiger partial charge in [-0.1, -0.05) is 0 Å². The molecule has 0 aliphatic heterocycles. The number of amides is 1. The predicted octanol–water partition coefficient (Wildman–Crippen LogP) is 0.0456. The summed E-state index contributed by atoms with van der Waals surface area (Å²) in [6.07, 6.45) is -1.11. The van der Waals surface area contributed by atoms with Crippen LogP contribution in [0.15, 0.2) is 0 Å². The second-order valence-electron chi connectivity index (χ2n) is 0.482. The largest absolute Gasteiger partial charge is 0.465 e. The molecule has 0 aliphatic rings. The molecule has 2 N–H and O–H groups in total. The van der Waals surface area contributed by atoms with Crippen LogP contribution in [0.4, 0.5) is 4.79 Å². The van der Waals surface area contributed by atoms with E-state index in [0.29, 0.717) is 0 Å². The summed E-state index contributed by atoms with van der Waals surface area (Å²) < 4.78 is 0. The van der Waals surface area contributed by atoms with Gasteiger partial charge in [-0.2, -0.15) is 0 Å². The maximum atomic E-state index is 9.19. The Bertz CT molecular complexity index is 42.9. The first-order valence-electron chi connectivity index (χ1n) is 1.03. The monoisotopic (exact) mass is 74.0 g/mol. The van der Waals surface area contributed by atoms with Gasteiger partial charge in [-0.3, -0.25) is 0 Å². The van der Waals surface area contributed by atoms with Crippen molar-refractivity contribution in [3.05, 3.63) is 7.05 Å². The molecule has 0 atom stereocenters. The van der Waals surface area contributed by atoms with Gasteiger partial charge < -0.3 is 10.4 Å². The quantitative estimate of drug-likeness (QED) is 0.426. The summed E-state index contributed by atoms with van der Waals surface area (Å²) in [5.41, 5.74) is 0. The normalized spacial score (nSPS) is 6.60. The zero-order valence-corrected chi connectivity index (χ0v) is 2.56. The van der Waals surface area contributed by atoms with E-state index in [9.17, 15) is 4.79 Å². The van der Waals surface area contributed by atoms with E-state index in [1.165, 1.54) is 0 Å². The molecule has 0 aromatic carbocycles. The van der Waals surface area contributed by atoms with Gasteiger partial charge in [0.2, 0.25) is 0 Å². The Morgan fingerprint density at radius 3 is 2.20 bits per heavy atom. The van der Waals surface area contributed by atoms with Crippen molar-refractivity contribution < 1.29 is 9.90 Å². The van der Waals surface area contributed by atoms with Gasteiger partial charge in [-0.15, -0.1) is 0 Å². The van der Waals surface area contributed by atoms with E-state index in [1.807, 2.05) is 0 Å². The fraction of sp³-hybridized carbons (Fsp3) is 0. The Morgan fingerprint density at radius 2 is 2.20 bits per heavy atom. The molecule has 0 bridgehead atoms. The molecule has 1 radical (unpaired) electrons. The molecule has 0 fully saturated rings. The Kier molecular flexibility index (Phi) is 1.35. The molecule has 0 saturated carbocycles. The Hall–Kier alpha value is -0.730. The van der Waals surface area contributed by atoms with Crippen LogP contribution in [0.1, 0.15) is 0 Å². The molecule has 1 amide bonds. The van der Waals surface area contributed by atoms with Crippen molar-refractivity contribution in [2.24, 2.45) is 0 Å². The first-order chi connectivity index (χ1) is 2.27. The van der Waals surface area contributed by atoms with Crippen LogP contribution in [0.3, 0.4) is 0 Å². The van der Waals surface area contributed by atoms with Gasteiger partial charge in [-0.05, 0) is 0 Å². The number of nitrogens with one attached hydrogen (secondary N) is 1. The van der Waals surface area contributed by atoms with Gasteiger partial charge in [0, 0.05) is 7.05 Å². The lowest BCUT2D eigenvalue weighted by Gasteiger charge is -1.78. The van der Waals surface area contributed by atoms with Crippen molar-refractivity contribution in [1.29, 1.82) is 0 Å². The van der Waals surface area contributed by atoms with E-state index in [4.69, 9.17) is 5.11 Å². The van der Waals surface area contributed by atoms with Crippen molar-refractivity contribution in [2.45, 2.75) is 0 Å². The average Bonchev–Trinajstić information content (AvgIpc) is 1.38. The third-order valence-electron chi connectivity index (χ3n) is 0.151. The molecule has 3 heteroatoms. The molecule has 0 aromatic heterocycles. The lowest BCUT2D eigenvalue weighted by molar-refractivity contribution is 0.198. The predicted molar refractivity (Wildman–Crippen MR) is 16.5 cm³/mol. The van der Waals surface area contributed by atoms with Crippen LogP contribution in [0.5, 0.6) is 0 Å². The second-order valence-corrected chi connectivity index (χ2v) is 0.482. The van der Waals surface area contributed by atoms with Crippen LogP contribution in [0.2, 0.25) is 0 Å². The molecule has 0 spiro atoms. The van der Waals surface area contributed by atoms with Crippen molar-refractivity contribution in [3.8, 4) is 0 Å². The van der Waals surface area contributed by atoms with Gasteiger partial charge >= 0.3 is 6.09 Å². The topological polar surface area (TPSA) is 49.3 Å². The summed E-state index contributed by atoms with van der Waals surface area (Å²) in [7, 11) is 2.84. The molecule has 0 aliphatic carbocycles. The molecule has 0 unspecified atom stereocenters. The highest BCUT2D eigenvalue weighted by Crippen LogP contribution is 1.48. The van der Waals surface area contributed by atoms with Crippen LogP contribution < -0.4 is 5.32 Å². The lowest BCUT2D eigenvalue weighted by atomic mass is 11.1. The minimum absolute atomic E-state index is 1.11. The minimum Gasteiger partial charge on any atom is -0.465 e. The summed E-state index contributed by atoms with van der Waals surface area (Å²) in [6.45, 7) is 0. The molecule has 0 saturated heterocycles. The summed E-state index contributed by atoms with van der Waals surface area (Å²) in [5.74, 6) is 0. The summed E-state index contributed by atoms with van der Waals surface area (Å²) in [5, 5.41) is 9.24. The third kappa shape index (κ3) is 3.27. The van der Waals surface area contributed by atoms with E-state index in [2.05, 4.69) is 7.05 Å². The van der Waals surface area contributed by atoms with Crippen molar-refractivity contribution in [2.75, 3.05) is 0 Å². The summed E-state index contributed by atoms with van der Waals surface area (Å²) >= 11 is 0. The van der Waals surface area contributed by atoms with E-state index in [0.717, 1.165) is 0 Å². The van der Waals surface area contributed by atoms with Crippen molar-refractivity contribution in [1.82, 2.24) is 5.32 Å². The van der Waals surface area contributed by atoms with Crippen LogP contribution >= 0.6 is 0 Å². The van der Waals surface area contributed by atoms with E-state index < -0.39 is 6.09 Å². The zero-order chi connectivity index (χ0) is 4.28. The molecule has 0 aromatic rings. The zero-order valence-electron chi connectivity index (χ0n) is 2.56. The number of rotatable bonds is 0. The lowest BCUT2D eigenvalue weighted by Crippen LogP contribution is -2.10. The molecule has 29 valence electrons. The highest BCUT2D eigenvalue weighted by atomic mass is 16.4. The maximum Gasteiger partial charge on any atom is 0.404 e. The smallest absolute Gasteiger partial charge is 0.404 e. The Morgan fingerprint density at radius 1 is 2.00 bits per heavy atom. The number of hydrogen-bond donors (Lipinski definition) is 2. The van der Waals surface area contributed by atoms with Gasteiger partial charge in [0.1, 0.15) is 0 Å². The molecule has 5 heavy (non-hydrogen) atoms.